The molecule has 1 heterocycles. The van der Waals surface area contributed by atoms with Crippen molar-refractivity contribution in [2.75, 3.05) is 14.2 Å². The van der Waals surface area contributed by atoms with E-state index in [1.807, 2.05) is 54.6 Å². The number of carbonyl (C=O) groups excluding carboxylic acids is 2. The van der Waals surface area contributed by atoms with Gasteiger partial charge >= 0.3 is 11.9 Å². The number of benzene rings is 4. The minimum atomic E-state index is -0.556. The van der Waals surface area contributed by atoms with Crippen molar-refractivity contribution in [3.05, 3.63) is 107 Å². The van der Waals surface area contributed by atoms with E-state index in [-0.39, 0.29) is 6.61 Å². The van der Waals surface area contributed by atoms with Crippen molar-refractivity contribution in [1.82, 2.24) is 4.98 Å². The molecule has 0 radical (unpaired) electrons. The van der Waals surface area contributed by atoms with Crippen molar-refractivity contribution in [2.45, 2.75) is 20.5 Å². The predicted molar refractivity (Wildman–Crippen MR) is 149 cm³/mol. The molecule has 0 atom stereocenters. The average molecular weight is 522 g/mol. The number of aromatic nitrogens is 1. The van der Waals surface area contributed by atoms with Gasteiger partial charge in [0.2, 0.25) is 0 Å². The number of methoxy groups -OCH3 is 2. The maximum absolute atomic E-state index is 13.8. The van der Waals surface area contributed by atoms with Gasteiger partial charge in [-0.1, -0.05) is 48.5 Å². The summed E-state index contributed by atoms with van der Waals surface area (Å²) in [6, 6.07) is 23.6. The minimum absolute atomic E-state index is 0.170. The molecule has 0 saturated carbocycles. The van der Waals surface area contributed by atoms with Crippen LogP contribution < -0.4 is 14.2 Å². The van der Waals surface area contributed by atoms with Gasteiger partial charge in [-0.15, -0.1) is 0 Å². The number of para-hydroxylation sites is 1. The molecule has 7 nitrogen and oxygen atoms in total. The molecule has 0 aliphatic rings. The minimum Gasteiger partial charge on any atom is -0.497 e. The number of esters is 2. The first-order chi connectivity index (χ1) is 18.9. The number of nitrogens with zero attached hydrogens (tertiary/aromatic N) is 1. The number of aryl methyl sites for hydroxylation is 2. The van der Waals surface area contributed by atoms with E-state index in [1.165, 1.54) is 0 Å². The first-order valence-corrected chi connectivity index (χ1v) is 12.4. The molecule has 5 rings (SSSR count). The average Bonchev–Trinajstić information content (AvgIpc) is 2.96. The Labute approximate surface area is 225 Å². The van der Waals surface area contributed by atoms with Crippen molar-refractivity contribution in [2.24, 2.45) is 0 Å². The summed E-state index contributed by atoms with van der Waals surface area (Å²) in [6.45, 7) is 3.75. The summed E-state index contributed by atoms with van der Waals surface area (Å²) >= 11 is 0. The van der Waals surface area contributed by atoms with E-state index in [2.05, 4.69) is 0 Å². The maximum atomic E-state index is 13.8. The number of pyridine rings is 1. The highest BCUT2D eigenvalue weighted by molar-refractivity contribution is 6.16. The number of fused-ring (bicyclic) bond motifs is 2. The van der Waals surface area contributed by atoms with Crippen LogP contribution in [0.15, 0.2) is 78.9 Å². The first kappa shape index (κ1) is 25.7. The molecule has 39 heavy (non-hydrogen) atoms. The van der Waals surface area contributed by atoms with Gasteiger partial charge in [-0.25, -0.2) is 14.6 Å². The summed E-state index contributed by atoms with van der Waals surface area (Å²) in [5, 5.41) is 1.19. The van der Waals surface area contributed by atoms with Gasteiger partial charge in [0.25, 0.3) is 0 Å². The van der Waals surface area contributed by atoms with Crippen LogP contribution in [0.1, 0.15) is 37.4 Å². The smallest absolute Gasteiger partial charge is 0.344 e. The molecular weight excluding hydrogens is 494 g/mol. The first-order valence-electron chi connectivity index (χ1n) is 12.4. The van der Waals surface area contributed by atoms with Crippen molar-refractivity contribution < 1.29 is 28.5 Å². The number of hydrogen-bond donors (Lipinski definition) is 0. The van der Waals surface area contributed by atoms with Crippen LogP contribution in [0.3, 0.4) is 0 Å². The van der Waals surface area contributed by atoms with Crippen LogP contribution in [0.5, 0.6) is 17.2 Å². The van der Waals surface area contributed by atoms with Gasteiger partial charge in [0, 0.05) is 16.8 Å². The molecule has 0 unspecified atom stereocenters. The lowest BCUT2D eigenvalue weighted by molar-refractivity contribution is 0.0472. The molecule has 7 heteroatoms. The Morgan fingerprint density at radius 3 is 2.15 bits per heavy atom. The Balaban J connectivity index is 1.51. The molecule has 0 aliphatic carbocycles. The monoisotopic (exact) mass is 521 g/mol. The molecule has 0 fully saturated rings. The summed E-state index contributed by atoms with van der Waals surface area (Å²) in [4.78, 5) is 31.3. The molecule has 0 N–H and O–H groups in total. The third-order valence-corrected chi connectivity index (χ3v) is 6.49. The Morgan fingerprint density at radius 2 is 1.46 bits per heavy atom. The van der Waals surface area contributed by atoms with E-state index >= 15 is 0 Å². The standard InChI is InChI=1S/C32H27NO6/c1-19-14-22(31(34)38-18-21-10-6-5-7-11-21)15-20(2)30(19)39-32(35)28-24-12-8-9-13-26(24)33-29-25(28)16-23(36-3)17-27(29)37-4/h5-17H,18H2,1-4H3. The predicted octanol–water partition coefficient (Wildman–Crippen LogP) is 6.60. The number of hydrogen-bond acceptors (Lipinski definition) is 7. The second-order valence-electron chi connectivity index (χ2n) is 9.12. The molecule has 1 aromatic heterocycles. The van der Waals surface area contributed by atoms with E-state index in [0.717, 1.165) is 5.56 Å². The summed E-state index contributed by atoms with van der Waals surface area (Å²) in [7, 11) is 3.09. The Hall–Kier alpha value is -4.91. The van der Waals surface area contributed by atoms with Gasteiger partial charge in [-0.2, -0.15) is 0 Å². The van der Waals surface area contributed by atoms with E-state index in [9.17, 15) is 9.59 Å². The lowest BCUT2D eigenvalue weighted by atomic mass is 10.0. The zero-order valence-electron chi connectivity index (χ0n) is 22.1. The molecule has 5 aromatic rings. The fourth-order valence-corrected chi connectivity index (χ4v) is 4.61. The van der Waals surface area contributed by atoms with Gasteiger partial charge in [0.15, 0.2) is 0 Å². The normalized spacial score (nSPS) is 10.9. The van der Waals surface area contributed by atoms with E-state index in [0.29, 0.717) is 61.3 Å². The lowest BCUT2D eigenvalue weighted by Crippen LogP contribution is -2.13. The third-order valence-electron chi connectivity index (χ3n) is 6.49. The zero-order chi connectivity index (χ0) is 27.5. The second kappa shape index (κ2) is 10.8. The Morgan fingerprint density at radius 1 is 0.769 bits per heavy atom. The fourth-order valence-electron chi connectivity index (χ4n) is 4.61. The summed E-state index contributed by atoms with van der Waals surface area (Å²) in [5.41, 5.74) is 4.04. The molecule has 0 aliphatic heterocycles. The second-order valence-corrected chi connectivity index (χ2v) is 9.12. The van der Waals surface area contributed by atoms with Crippen LogP contribution in [-0.4, -0.2) is 31.1 Å². The van der Waals surface area contributed by atoms with Gasteiger partial charge in [0.05, 0.1) is 30.9 Å². The van der Waals surface area contributed by atoms with Crippen molar-refractivity contribution >= 4 is 33.7 Å². The van der Waals surface area contributed by atoms with E-state index in [4.69, 9.17) is 23.9 Å². The summed E-state index contributed by atoms with van der Waals surface area (Å²) < 4.78 is 22.5. The van der Waals surface area contributed by atoms with Crippen LogP contribution in [0.2, 0.25) is 0 Å². The number of ether oxygens (including phenoxy) is 4. The maximum Gasteiger partial charge on any atom is 0.344 e. The van der Waals surface area contributed by atoms with Crippen LogP contribution in [0.25, 0.3) is 21.8 Å². The summed E-state index contributed by atoms with van der Waals surface area (Å²) in [6.07, 6.45) is 0. The lowest BCUT2D eigenvalue weighted by Gasteiger charge is -2.16. The van der Waals surface area contributed by atoms with Gasteiger partial charge < -0.3 is 18.9 Å². The fraction of sp³-hybridized carbons (Fsp3) is 0.156. The largest absolute Gasteiger partial charge is 0.497 e. The Kier molecular flexibility index (Phi) is 7.14. The van der Waals surface area contributed by atoms with E-state index in [1.54, 1.807) is 52.3 Å². The van der Waals surface area contributed by atoms with Crippen LogP contribution in [0, 0.1) is 13.8 Å². The number of carbonyl (C=O) groups is 2. The highest BCUT2D eigenvalue weighted by atomic mass is 16.5. The molecule has 0 saturated heterocycles. The van der Waals surface area contributed by atoms with Gasteiger partial charge in [0.1, 0.15) is 29.4 Å². The van der Waals surface area contributed by atoms with Crippen molar-refractivity contribution in [1.29, 1.82) is 0 Å². The highest BCUT2D eigenvalue weighted by Crippen LogP contribution is 2.36. The molecule has 4 aromatic carbocycles. The SMILES string of the molecule is COc1cc(OC)c2nc3ccccc3c(C(=O)Oc3c(C)cc(C(=O)OCc4ccccc4)cc3C)c2c1. The van der Waals surface area contributed by atoms with Crippen LogP contribution in [0.4, 0.5) is 0 Å². The topological polar surface area (TPSA) is 84.0 Å². The Bertz CT molecular complexity index is 1690. The number of rotatable bonds is 7. The van der Waals surface area contributed by atoms with Crippen molar-refractivity contribution in [3.63, 3.8) is 0 Å². The van der Waals surface area contributed by atoms with Crippen LogP contribution in [-0.2, 0) is 11.3 Å². The van der Waals surface area contributed by atoms with Crippen LogP contribution >= 0.6 is 0 Å². The highest BCUT2D eigenvalue weighted by Gasteiger charge is 2.23. The molecule has 0 amide bonds. The van der Waals surface area contributed by atoms with Crippen molar-refractivity contribution in [3.8, 4) is 17.2 Å². The van der Waals surface area contributed by atoms with Gasteiger partial charge in [-0.3, -0.25) is 0 Å². The zero-order valence-corrected chi connectivity index (χ0v) is 22.1. The quantitative estimate of drug-likeness (QED) is 0.136. The summed E-state index contributed by atoms with van der Waals surface area (Å²) in [5.74, 6) is 0.377. The molecule has 0 spiro atoms. The molecule has 0 bridgehead atoms. The molecule has 196 valence electrons. The van der Waals surface area contributed by atoms with E-state index < -0.39 is 11.9 Å². The molecular formula is C32H27NO6. The van der Waals surface area contributed by atoms with Gasteiger partial charge in [-0.05, 0) is 54.8 Å². The third kappa shape index (κ3) is 5.11.